The van der Waals surface area contributed by atoms with Gasteiger partial charge in [0.05, 0.1) is 16.9 Å². The molecule has 2 aromatic rings. The van der Waals surface area contributed by atoms with Crippen molar-refractivity contribution in [3.05, 3.63) is 53.1 Å². The molecule has 0 saturated carbocycles. The zero-order valence-corrected chi connectivity index (χ0v) is 17.0. The fraction of sp³-hybridized carbons (Fsp3) is 0.333. The van der Waals surface area contributed by atoms with E-state index in [1.54, 1.807) is 39.0 Å². The van der Waals surface area contributed by atoms with E-state index in [0.29, 0.717) is 16.9 Å². The largest absolute Gasteiger partial charge is 0.496 e. The van der Waals surface area contributed by atoms with E-state index in [0.717, 1.165) is 11.8 Å². The zero-order chi connectivity index (χ0) is 19.7. The fourth-order valence-corrected chi connectivity index (χ4v) is 4.81. The Balaban J connectivity index is 2.31. The van der Waals surface area contributed by atoms with Gasteiger partial charge in [-0.25, -0.2) is 21.6 Å². The zero-order valence-electron chi connectivity index (χ0n) is 15.4. The first-order chi connectivity index (χ1) is 12.0. The van der Waals surface area contributed by atoms with Crippen LogP contribution in [0.25, 0.3) is 0 Å². The summed E-state index contributed by atoms with van der Waals surface area (Å²) in [6, 6.07) is 8.78. The van der Waals surface area contributed by atoms with Crippen LogP contribution in [0.5, 0.6) is 5.75 Å². The molecule has 1 unspecified atom stereocenters. The van der Waals surface area contributed by atoms with Crippen molar-refractivity contribution >= 4 is 19.9 Å². The monoisotopic (exact) mass is 397 g/mol. The van der Waals surface area contributed by atoms with Gasteiger partial charge < -0.3 is 4.74 Å². The first kappa shape index (κ1) is 20.4. The van der Waals surface area contributed by atoms with Crippen molar-refractivity contribution in [3.8, 4) is 5.75 Å². The average Bonchev–Trinajstić information content (AvgIpc) is 2.56. The third-order valence-corrected chi connectivity index (χ3v) is 7.15. The molecule has 0 bridgehead atoms. The van der Waals surface area contributed by atoms with E-state index >= 15 is 0 Å². The van der Waals surface area contributed by atoms with Crippen molar-refractivity contribution in [2.24, 2.45) is 0 Å². The highest BCUT2D eigenvalue weighted by Crippen LogP contribution is 2.28. The first-order valence-electron chi connectivity index (χ1n) is 7.94. The van der Waals surface area contributed by atoms with E-state index in [1.807, 2.05) is 0 Å². The number of sulfone groups is 1. The molecule has 2 aromatic carbocycles. The summed E-state index contributed by atoms with van der Waals surface area (Å²) in [5.41, 5.74) is 2.06. The van der Waals surface area contributed by atoms with Gasteiger partial charge in [-0.1, -0.05) is 12.1 Å². The molecule has 0 aliphatic rings. The normalized spacial score (nSPS) is 13.4. The molecule has 1 atom stereocenters. The summed E-state index contributed by atoms with van der Waals surface area (Å²) in [4.78, 5) is 0.383. The molecule has 0 radical (unpaired) electrons. The van der Waals surface area contributed by atoms with E-state index in [2.05, 4.69) is 4.72 Å². The lowest BCUT2D eigenvalue weighted by Crippen LogP contribution is -2.27. The highest BCUT2D eigenvalue weighted by Gasteiger charge is 2.22. The maximum absolute atomic E-state index is 12.8. The predicted octanol–water partition coefficient (Wildman–Crippen LogP) is 2.76. The number of sulfonamides is 1. The first-order valence-corrected chi connectivity index (χ1v) is 11.3. The van der Waals surface area contributed by atoms with Crippen molar-refractivity contribution in [1.82, 2.24) is 4.72 Å². The Hall–Kier alpha value is -1.90. The Kier molecular flexibility index (Phi) is 5.79. The van der Waals surface area contributed by atoms with Gasteiger partial charge in [0.25, 0.3) is 0 Å². The number of rotatable bonds is 6. The summed E-state index contributed by atoms with van der Waals surface area (Å²) < 4.78 is 56.4. The van der Waals surface area contributed by atoms with E-state index in [4.69, 9.17) is 4.74 Å². The van der Waals surface area contributed by atoms with Crippen molar-refractivity contribution in [1.29, 1.82) is 0 Å². The lowest BCUT2D eigenvalue weighted by molar-refractivity contribution is 0.410. The molecule has 1 N–H and O–H groups in total. The van der Waals surface area contributed by atoms with Gasteiger partial charge in [-0.05, 0) is 61.7 Å². The molecule has 26 heavy (non-hydrogen) atoms. The molecule has 2 rings (SSSR count). The molecule has 0 saturated heterocycles. The molecule has 142 valence electrons. The minimum atomic E-state index is -3.75. The average molecular weight is 398 g/mol. The minimum Gasteiger partial charge on any atom is -0.496 e. The predicted molar refractivity (Wildman–Crippen MR) is 101 cm³/mol. The number of hydrogen-bond acceptors (Lipinski definition) is 5. The Labute approximate surface area is 155 Å². The molecular formula is C18H23NO5S2. The number of nitrogens with one attached hydrogen (secondary N) is 1. The van der Waals surface area contributed by atoms with Crippen LogP contribution in [0, 0.1) is 13.8 Å². The summed E-state index contributed by atoms with van der Waals surface area (Å²) in [6.45, 7) is 5.25. The van der Waals surface area contributed by atoms with Crippen molar-refractivity contribution in [2.45, 2.75) is 36.6 Å². The Morgan fingerprint density at radius 3 is 2.00 bits per heavy atom. The second kappa shape index (κ2) is 7.38. The van der Waals surface area contributed by atoms with Crippen LogP contribution in [0.3, 0.4) is 0 Å². The Morgan fingerprint density at radius 2 is 1.50 bits per heavy atom. The van der Waals surface area contributed by atoms with Crippen molar-refractivity contribution in [3.63, 3.8) is 0 Å². The van der Waals surface area contributed by atoms with Gasteiger partial charge in [0, 0.05) is 12.3 Å². The molecule has 0 aromatic heterocycles. The highest BCUT2D eigenvalue weighted by atomic mass is 32.2. The lowest BCUT2D eigenvalue weighted by atomic mass is 10.1. The van der Waals surface area contributed by atoms with E-state index in [-0.39, 0.29) is 9.79 Å². The highest BCUT2D eigenvalue weighted by molar-refractivity contribution is 7.90. The molecular weight excluding hydrogens is 374 g/mol. The van der Waals surface area contributed by atoms with E-state index < -0.39 is 25.9 Å². The minimum absolute atomic E-state index is 0.190. The van der Waals surface area contributed by atoms with Crippen molar-refractivity contribution in [2.75, 3.05) is 13.4 Å². The van der Waals surface area contributed by atoms with Gasteiger partial charge in [-0.3, -0.25) is 0 Å². The molecule has 0 amide bonds. The third-order valence-electron chi connectivity index (χ3n) is 4.34. The third kappa shape index (κ3) is 4.25. The van der Waals surface area contributed by atoms with E-state index in [1.165, 1.54) is 25.3 Å². The maximum Gasteiger partial charge on any atom is 0.241 e. The second-order valence-corrected chi connectivity index (χ2v) is 9.90. The quantitative estimate of drug-likeness (QED) is 0.809. The lowest BCUT2D eigenvalue weighted by Gasteiger charge is -2.18. The summed E-state index contributed by atoms with van der Waals surface area (Å²) >= 11 is 0. The van der Waals surface area contributed by atoms with Crippen LogP contribution in [0.2, 0.25) is 0 Å². The molecule has 0 heterocycles. The van der Waals surface area contributed by atoms with Crippen LogP contribution in [-0.2, 0) is 19.9 Å². The van der Waals surface area contributed by atoms with Gasteiger partial charge in [0.15, 0.2) is 9.84 Å². The summed E-state index contributed by atoms with van der Waals surface area (Å²) in [5, 5.41) is 0. The molecule has 0 aliphatic carbocycles. The van der Waals surface area contributed by atoms with Crippen LogP contribution in [0.1, 0.15) is 29.7 Å². The number of ether oxygens (including phenoxy) is 1. The van der Waals surface area contributed by atoms with Crippen LogP contribution in [-0.4, -0.2) is 30.2 Å². The summed E-state index contributed by atoms with van der Waals surface area (Å²) in [6.07, 6.45) is 1.13. The fourth-order valence-electron chi connectivity index (χ4n) is 2.65. The molecule has 0 spiro atoms. The Bertz CT molecular complexity index is 1010. The van der Waals surface area contributed by atoms with Crippen LogP contribution in [0.4, 0.5) is 0 Å². The SMILES string of the molecule is COc1ccc(S(=O)(=O)NC(C)c2ccc(S(C)(=O)=O)cc2)c(C)c1C. The maximum atomic E-state index is 12.8. The molecule has 6 nitrogen and oxygen atoms in total. The van der Waals surface area contributed by atoms with Crippen LogP contribution in [0.15, 0.2) is 46.2 Å². The number of methoxy groups -OCH3 is 1. The van der Waals surface area contributed by atoms with Crippen molar-refractivity contribution < 1.29 is 21.6 Å². The van der Waals surface area contributed by atoms with Gasteiger partial charge in [-0.2, -0.15) is 0 Å². The van der Waals surface area contributed by atoms with Crippen LogP contribution < -0.4 is 9.46 Å². The van der Waals surface area contributed by atoms with Gasteiger partial charge in [0.1, 0.15) is 5.75 Å². The van der Waals surface area contributed by atoms with Gasteiger partial charge in [-0.15, -0.1) is 0 Å². The number of hydrogen-bond donors (Lipinski definition) is 1. The topological polar surface area (TPSA) is 89.5 Å². The summed E-state index contributed by atoms with van der Waals surface area (Å²) in [7, 11) is -5.50. The molecule has 0 aliphatic heterocycles. The Morgan fingerprint density at radius 1 is 0.923 bits per heavy atom. The van der Waals surface area contributed by atoms with Crippen LogP contribution >= 0.6 is 0 Å². The standard InChI is InChI=1S/C18H23NO5S2/c1-12-13(2)18(11-10-17(12)24-4)26(22,23)19-14(3)15-6-8-16(9-7-15)25(5,20)21/h6-11,14,19H,1-5H3. The van der Waals surface area contributed by atoms with Gasteiger partial charge >= 0.3 is 0 Å². The number of benzene rings is 2. The smallest absolute Gasteiger partial charge is 0.241 e. The molecule has 8 heteroatoms. The molecule has 0 fully saturated rings. The second-order valence-electron chi connectivity index (χ2n) is 6.20. The summed E-state index contributed by atoms with van der Waals surface area (Å²) in [5.74, 6) is 0.630. The van der Waals surface area contributed by atoms with Gasteiger partial charge in [0.2, 0.25) is 10.0 Å². The van der Waals surface area contributed by atoms with E-state index in [9.17, 15) is 16.8 Å².